The van der Waals surface area contributed by atoms with E-state index in [2.05, 4.69) is 5.32 Å². The number of anilines is 1. The molecule has 0 bridgehead atoms. The van der Waals surface area contributed by atoms with Gasteiger partial charge >= 0.3 is 5.97 Å². The number of carbonyl (C=O) groups excluding carboxylic acids is 2. The van der Waals surface area contributed by atoms with Crippen molar-refractivity contribution in [3.8, 4) is 5.75 Å². The maximum atomic E-state index is 12.0. The number of benzene rings is 1. The lowest BCUT2D eigenvalue weighted by Crippen LogP contribution is -2.29. The molecule has 0 aliphatic carbocycles. The summed E-state index contributed by atoms with van der Waals surface area (Å²) in [6, 6.07) is 5.45. The number of methoxy groups -OCH3 is 1. The zero-order chi connectivity index (χ0) is 15.8. The van der Waals surface area contributed by atoms with Gasteiger partial charge < -0.3 is 14.8 Å². The van der Waals surface area contributed by atoms with Crippen LogP contribution in [0.1, 0.15) is 25.8 Å². The molecule has 0 heterocycles. The lowest BCUT2D eigenvalue weighted by molar-refractivity contribution is -0.148. The molecule has 5 heteroatoms. The minimum absolute atomic E-state index is 0.405. The minimum atomic E-state index is -0.885. The van der Waals surface area contributed by atoms with E-state index in [-0.39, 0.29) is 0 Å². The molecule has 0 unspecified atom stereocenters. The fraction of sp³-hybridized carbons (Fsp3) is 0.375. The van der Waals surface area contributed by atoms with Gasteiger partial charge in [-0.2, -0.15) is 0 Å². The average molecular weight is 291 g/mol. The van der Waals surface area contributed by atoms with Gasteiger partial charge in [-0.05, 0) is 38.0 Å². The molecule has 5 nitrogen and oxygen atoms in total. The summed E-state index contributed by atoms with van der Waals surface area (Å²) < 4.78 is 10.2. The van der Waals surface area contributed by atoms with E-state index in [0.717, 1.165) is 12.0 Å². The standard InChI is InChI=1S/C16H21NO4/c1-5-6-7-15(18)21-12(3)16(19)17-13-10-11(2)8-9-14(13)20-4/h6-10,12H,5H2,1-4H3,(H,17,19)/b7-6+/t12-/m0/s1. The summed E-state index contributed by atoms with van der Waals surface area (Å²) in [5.41, 5.74) is 1.54. The van der Waals surface area contributed by atoms with Crippen molar-refractivity contribution in [3.05, 3.63) is 35.9 Å². The van der Waals surface area contributed by atoms with Crippen molar-refractivity contribution in [1.82, 2.24) is 0 Å². The molecule has 1 amide bonds. The Morgan fingerprint density at radius 1 is 1.38 bits per heavy atom. The highest BCUT2D eigenvalue weighted by molar-refractivity contribution is 5.97. The zero-order valence-corrected chi connectivity index (χ0v) is 12.8. The third-order valence-electron chi connectivity index (χ3n) is 2.76. The smallest absolute Gasteiger partial charge is 0.331 e. The molecule has 0 saturated carbocycles. The van der Waals surface area contributed by atoms with Crippen LogP contribution in [0.4, 0.5) is 5.69 Å². The third-order valence-corrected chi connectivity index (χ3v) is 2.76. The lowest BCUT2D eigenvalue weighted by Gasteiger charge is -2.15. The van der Waals surface area contributed by atoms with E-state index >= 15 is 0 Å². The summed E-state index contributed by atoms with van der Waals surface area (Å²) in [4.78, 5) is 23.5. The van der Waals surface area contributed by atoms with Crippen LogP contribution in [-0.2, 0) is 14.3 Å². The monoisotopic (exact) mass is 291 g/mol. The molecule has 0 aliphatic rings. The first-order valence-corrected chi connectivity index (χ1v) is 6.80. The van der Waals surface area contributed by atoms with E-state index in [0.29, 0.717) is 11.4 Å². The van der Waals surface area contributed by atoms with E-state index in [9.17, 15) is 9.59 Å². The van der Waals surface area contributed by atoms with Crippen LogP contribution in [0.3, 0.4) is 0 Å². The number of ether oxygens (including phenoxy) is 2. The summed E-state index contributed by atoms with van der Waals surface area (Å²) in [6.45, 7) is 5.34. The third kappa shape index (κ3) is 5.30. The fourth-order valence-electron chi connectivity index (χ4n) is 1.63. The van der Waals surface area contributed by atoms with E-state index in [1.165, 1.54) is 20.1 Å². The summed E-state index contributed by atoms with van der Waals surface area (Å²) in [7, 11) is 1.53. The van der Waals surface area contributed by atoms with Gasteiger partial charge in [-0.1, -0.05) is 19.1 Å². The second-order valence-corrected chi connectivity index (χ2v) is 4.58. The summed E-state index contributed by atoms with van der Waals surface area (Å²) in [5.74, 6) is -0.383. The number of amides is 1. The molecule has 0 saturated heterocycles. The fourth-order valence-corrected chi connectivity index (χ4v) is 1.63. The van der Waals surface area contributed by atoms with Gasteiger partial charge in [0.15, 0.2) is 6.10 Å². The predicted octanol–water partition coefficient (Wildman–Crippen LogP) is 2.84. The van der Waals surface area contributed by atoms with E-state index in [1.807, 2.05) is 19.9 Å². The Labute approximate surface area is 124 Å². The van der Waals surface area contributed by atoms with Gasteiger partial charge in [-0.3, -0.25) is 4.79 Å². The van der Waals surface area contributed by atoms with Gasteiger partial charge in [0.25, 0.3) is 5.91 Å². The second-order valence-electron chi connectivity index (χ2n) is 4.58. The number of carbonyl (C=O) groups is 2. The molecule has 0 aromatic heterocycles. The quantitative estimate of drug-likeness (QED) is 0.646. The largest absolute Gasteiger partial charge is 0.495 e. The number of nitrogens with one attached hydrogen (secondary N) is 1. The van der Waals surface area contributed by atoms with Crippen LogP contribution in [0.2, 0.25) is 0 Å². The Morgan fingerprint density at radius 2 is 2.10 bits per heavy atom. The second kappa shape index (κ2) is 8.09. The van der Waals surface area contributed by atoms with Gasteiger partial charge in [0.05, 0.1) is 12.8 Å². The average Bonchev–Trinajstić information content (AvgIpc) is 2.45. The highest BCUT2D eigenvalue weighted by Crippen LogP contribution is 2.25. The number of esters is 1. The van der Waals surface area contributed by atoms with Crippen molar-refractivity contribution in [2.24, 2.45) is 0 Å². The van der Waals surface area contributed by atoms with Gasteiger partial charge in [-0.25, -0.2) is 4.79 Å². The summed E-state index contributed by atoms with van der Waals surface area (Å²) in [5, 5.41) is 2.70. The van der Waals surface area contributed by atoms with Crippen molar-refractivity contribution < 1.29 is 19.1 Å². The Hall–Kier alpha value is -2.30. The molecule has 1 atom stereocenters. The van der Waals surface area contributed by atoms with Gasteiger partial charge in [0.1, 0.15) is 5.75 Å². The SMILES string of the molecule is CC/C=C/C(=O)O[C@@H](C)C(=O)Nc1cc(C)ccc1OC. The molecule has 1 aromatic carbocycles. The topological polar surface area (TPSA) is 64.6 Å². The van der Waals surface area contributed by atoms with Crippen molar-refractivity contribution in [1.29, 1.82) is 0 Å². The molecule has 21 heavy (non-hydrogen) atoms. The number of aryl methyl sites for hydroxylation is 1. The predicted molar refractivity (Wildman–Crippen MR) is 81.3 cm³/mol. The van der Waals surface area contributed by atoms with E-state index in [4.69, 9.17) is 9.47 Å². The zero-order valence-electron chi connectivity index (χ0n) is 12.8. The maximum absolute atomic E-state index is 12.0. The Morgan fingerprint density at radius 3 is 2.71 bits per heavy atom. The molecule has 0 aliphatic heterocycles. The summed E-state index contributed by atoms with van der Waals surface area (Å²) >= 11 is 0. The van der Waals surface area contributed by atoms with Gasteiger partial charge in [-0.15, -0.1) is 0 Å². The molecule has 0 fully saturated rings. The van der Waals surface area contributed by atoms with Crippen LogP contribution >= 0.6 is 0 Å². The first-order chi connectivity index (χ1) is 9.97. The van der Waals surface area contributed by atoms with Crippen LogP contribution in [0.25, 0.3) is 0 Å². The molecule has 114 valence electrons. The Bertz CT molecular complexity index is 537. The highest BCUT2D eigenvalue weighted by atomic mass is 16.5. The number of rotatable bonds is 6. The molecule has 1 rings (SSSR count). The van der Waals surface area contributed by atoms with Crippen molar-refractivity contribution in [2.45, 2.75) is 33.3 Å². The van der Waals surface area contributed by atoms with Crippen LogP contribution in [0.5, 0.6) is 5.75 Å². The molecule has 1 N–H and O–H groups in total. The van der Waals surface area contributed by atoms with E-state index < -0.39 is 18.0 Å². The first kappa shape index (κ1) is 16.8. The summed E-state index contributed by atoms with van der Waals surface area (Å²) in [6.07, 6.45) is 2.84. The molecular formula is C16H21NO4. The van der Waals surface area contributed by atoms with Crippen molar-refractivity contribution in [3.63, 3.8) is 0 Å². The maximum Gasteiger partial charge on any atom is 0.331 e. The van der Waals surface area contributed by atoms with Crippen LogP contribution in [-0.4, -0.2) is 25.1 Å². The molecule has 0 spiro atoms. The lowest BCUT2D eigenvalue weighted by atomic mass is 10.2. The molecule has 1 aromatic rings. The Balaban J connectivity index is 2.70. The number of allylic oxidation sites excluding steroid dienone is 1. The number of hydrogen-bond acceptors (Lipinski definition) is 4. The minimum Gasteiger partial charge on any atom is -0.495 e. The number of hydrogen-bond donors (Lipinski definition) is 1. The van der Waals surface area contributed by atoms with Gasteiger partial charge in [0, 0.05) is 6.08 Å². The highest BCUT2D eigenvalue weighted by Gasteiger charge is 2.18. The van der Waals surface area contributed by atoms with Gasteiger partial charge in [0.2, 0.25) is 0 Å². The Kier molecular flexibility index (Phi) is 6.46. The van der Waals surface area contributed by atoms with E-state index in [1.54, 1.807) is 18.2 Å². The van der Waals surface area contributed by atoms with Crippen LogP contribution in [0.15, 0.2) is 30.4 Å². The van der Waals surface area contributed by atoms with Crippen LogP contribution in [0, 0.1) is 6.92 Å². The molecule has 0 radical (unpaired) electrons. The normalized spacial score (nSPS) is 12.0. The molecular weight excluding hydrogens is 270 g/mol. The first-order valence-electron chi connectivity index (χ1n) is 6.80. The van der Waals surface area contributed by atoms with Crippen molar-refractivity contribution >= 4 is 17.6 Å². The van der Waals surface area contributed by atoms with Crippen LogP contribution < -0.4 is 10.1 Å². The van der Waals surface area contributed by atoms with Crippen molar-refractivity contribution in [2.75, 3.05) is 12.4 Å².